The first-order valence-electron chi connectivity index (χ1n) is 8.72. The van der Waals surface area contributed by atoms with Gasteiger partial charge in [-0.1, -0.05) is 26.8 Å². The molecule has 1 heterocycles. The van der Waals surface area contributed by atoms with E-state index in [-0.39, 0.29) is 18.4 Å². The molecule has 0 saturated carbocycles. The van der Waals surface area contributed by atoms with Crippen molar-refractivity contribution in [2.24, 2.45) is 5.41 Å². The Morgan fingerprint density at radius 2 is 1.62 bits per heavy atom. The molecule has 2 aromatic rings. The van der Waals surface area contributed by atoms with Crippen molar-refractivity contribution in [2.45, 2.75) is 41.2 Å². The van der Waals surface area contributed by atoms with Gasteiger partial charge in [-0.15, -0.1) is 0 Å². The van der Waals surface area contributed by atoms with Crippen molar-refractivity contribution in [3.63, 3.8) is 0 Å². The van der Waals surface area contributed by atoms with Crippen LogP contribution in [0.15, 0.2) is 42.7 Å². The van der Waals surface area contributed by atoms with Gasteiger partial charge in [-0.05, 0) is 54.8 Å². The van der Waals surface area contributed by atoms with E-state index in [1.165, 1.54) is 0 Å². The van der Waals surface area contributed by atoms with Gasteiger partial charge in [0, 0.05) is 30.0 Å². The summed E-state index contributed by atoms with van der Waals surface area (Å²) >= 11 is 0. The molecule has 1 aromatic carbocycles. The Morgan fingerprint density at radius 3 is 2.15 bits per heavy atom. The van der Waals surface area contributed by atoms with E-state index in [2.05, 4.69) is 10.3 Å². The van der Waals surface area contributed by atoms with Crippen LogP contribution in [0.4, 0.5) is 5.69 Å². The molecule has 0 aliphatic carbocycles. The maximum Gasteiger partial charge on any atom is 0.240 e. The topological polar surface area (TPSA) is 62.3 Å². The Balaban J connectivity index is 2.18. The number of nitrogens with one attached hydrogen (secondary N) is 1. The second-order valence-corrected chi connectivity index (χ2v) is 7.62. The highest BCUT2D eigenvalue weighted by molar-refractivity contribution is 6.01. The first kappa shape index (κ1) is 19.6. The molecule has 26 heavy (non-hydrogen) atoms. The smallest absolute Gasteiger partial charge is 0.240 e. The molecule has 2 rings (SSSR count). The number of carbonyl (C=O) groups is 2. The summed E-state index contributed by atoms with van der Waals surface area (Å²) in [6.45, 7) is 9.95. The van der Waals surface area contributed by atoms with Crippen LogP contribution in [0.5, 0.6) is 0 Å². The van der Waals surface area contributed by atoms with Gasteiger partial charge in [-0.25, -0.2) is 0 Å². The fourth-order valence-electron chi connectivity index (χ4n) is 2.69. The molecule has 1 N–H and O–H groups in total. The van der Waals surface area contributed by atoms with Crippen molar-refractivity contribution in [3.8, 4) is 0 Å². The lowest BCUT2D eigenvalue weighted by molar-refractivity contribution is -0.128. The summed E-state index contributed by atoms with van der Waals surface area (Å²) in [4.78, 5) is 30.9. The number of carbonyl (C=O) groups excluding carboxylic acids is 2. The SMILES string of the molecule is Cc1cc(C)cc(N(CC(=O)NCc2ccncc2)C(=O)C(C)(C)C)c1. The van der Waals surface area contributed by atoms with E-state index >= 15 is 0 Å². The Morgan fingerprint density at radius 1 is 1.04 bits per heavy atom. The van der Waals surface area contributed by atoms with Crippen LogP contribution in [0, 0.1) is 19.3 Å². The number of hydrogen-bond donors (Lipinski definition) is 1. The third-order valence-corrected chi connectivity index (χ3v) is 3.95. The van der Waals surface area contributed by atoms with Crippen molar-refractivity contribution in [2.75, 3.05) is 11.4 Å². The fourth-order valence-corrected chi connectivity index (χ4v) is 2.69. The lowest BCUT2D eigenvalue weighted by atomic mass is 9.94. The van der Waals surface area contributed by atoms with Crippen molar-refractivity contribution < 1.29 is 9.59 Å². The van der Waals surface area contributed by atoms with E-state index < -0.39 is 5.41 Å². The maximum absolute atomic E-state index is 12.9. The minimum Gasteiger partial charge on any atom is -0.350 e. The summed E-state index contributed by atoms with van der Waals surface area (Å²) in [7, 11) is 0. The number of rotatable bonds is 5. The predicted molar refractivity (Wildman–Crippen MR) is 104 cm³/mol. The molecule has 0 aliphatic heterocycles. The van der Waals surface area contributed by atoms with Crippen molar-refractivity contribution in [1.82, 2.24) is 10.3 Å². The summed E-state index contributed by atoms with van der Waals surface area (Å²) in [5, 5.41) is 2.87. The Labute approximate surface area is 155 Å². The summed E-state index contributed by atoms with van der Waals surface area (Å²) in [5.74, 6) is -0.278. The molecule has 0 bridgehead atoms. The summed E-state index contributed by atoms with van der Waals surface area (Å²) in [6.07, 6.45) is 3.37. The second kappa shape index (κ2) is 8.13. The quantitative estimate of drug-likeness (QED) is 0.896. The minimum atomic E-state index is -0.580. The Kier molecular flexibility index (Phi) is 6.14. The standard InChI is InChI=1S/C21H27N3O2/c1-15-10-16(2)12-18(11-15)24(20(26)21(3,4)5)14-19(25)23-13-17-6-8-22-9-7-17/h6-12H,13-14H2,1-5H3,(H,23,25). The molecule has 5 nitrogen and oxygen atoms in total. The second-order valence-electron chi connectivity index (χ2n) is 7.62. The molecule has 5 heteroatoms. The van der Waals surface area contributed by atoms with E-state index in [1.54, 1.807) is 17.3 Å². The monoisotopic (exact) mass is 353 g/mol. The number of aromatic nitrogens is 1. The molecule has 0 unspecified atom stereocenters. The number of pyridine rings is 1. The zero-order valence-electron chi connectivity index (χ0n) is 16.2. The highest BCUT2D eigenvalue weighted by Crippen LogP contribution is 2.25. The van der Waals surface area contributed by atoms with E-state index in [4.69, 9.17) is 0 Å². The first-order chi connectivity index (χ1) is 12.2. The van der Waals surface area contributed by atoms with Gasteiger partial charge in [-0.2, -0.15) is 0 Å². The molecule has 138 valence electrons. The normalized spacial score (nSPS) is 11.1. The molecule has 0 radical (unpaired) electrons. The third kappa shape index (κ3) is 5.41. The van der Waals surface area contributed by atoms with Gasteiger partial charge in [0.05, 0.1) is 0 Å². The van der Waals surface area contributed by atoms with Crippen LogP contribution >= 0.6 is 0 Å². The molecule has 2 amide bonds. The number of hydrogen-bond acceptors (Lipinski definition) is 3. The van der Waals surface area contributed by atoms with Crippen molar-refractivity contribution in [3.05, 3.63) is 59.4 Å². The van der Waals surface area contributed by atoms with E-state index in [0.29, 0.717) is 6.54 Å². The predicted octanol–water partition coefficient (Wildman–Crippen LogP) is 3.39. The van der Waals surface area contributed by atoms with Gasteiger partial charge in [0.1, 0.15) is 6.54 Å². The van der Waals surface area contributed by atoms with Gasteiger partial charge in [0.2, 0.25) is 11.8 Å². The van der Waals surface area contributed by atoms with Gasteiger partial charge in [-0.3, -0.25) is 14.6 Å². The number of nitrogens with zero attached hydrogens (tertiary/aromatic N) is 2. The van der Waals surface area contributed by atoms with Crippen LogP contribution < -0.4 is 10.2 Å². The molecule has 0 fully saturated rings. The first-order valence-corrected chi connectivity index (χ1v) is 8.72. The molecular formula is C21H27N3O2. The lowest BCUT2D eigenvalue weighted by Gasteiger charge is -2.29. The summed E-state index contributed by atoms with van der Waals surface area (Å²) in [5.41, 5.74) is 3.26. The molecule has 0 saturated heterocycles. The highest BCUT2D eigenvalue weighted by atomic mass is 16.2. The molecule has 0 spiro atoms. The highest BCUT2D eigenvalue weighted by Gasteiger charge is 2.29. The number of benzene rings is 1. The number of aryl methyl sites for hydroxylation is 2. The van der Waals surface area contributed by atoms with Gasteiger partial charge < -0.3 is 10.2 Å². The largest absolute Gasteiger partial charge is 0.350 e. The van der Waals surface area contributed by atoms with Crippen molar-refractivity contribution >= 4 is 17.5 Å². The number of amides is 2. The zero-order chi connectivity index (χ0) is 19.3. The number of anilines is 1. The molecule has 1 aromatic heterocycles. The van der Waals surface area contributed by atoms with Gasteiger partial charge in [0.25, 0.3) is 0 Å². The Hall–Kier alpha value is -2.69. The van der Waals surface area contributed by atoms with Crippen molar-refractivity contribution in [1.29, 1.82) is 0 Å². The van der Waals surface area contributed by atoms with Gasteiger partial charge >= 0.3 is 0 Å². The van der Waals surface area contributed by atoms with Crippen LogP contribution in [-0.4, -0.2) is 23.3 Å². The lowest BCUT2D eigenvalue weighted by Crippen LogP contribution is -2.45. The molecule has 0 aliphatic rings. The molecule has 0 atom stereocenters. The third-order valence-electron chi connectivity index (χ3n) is 3.95. The van der Waals surface area contributed by atoms with Crippen LogP contribution in [0.3, 0.4) is 0 Å². The van der Waals surface area contributed by atoms with E-state index in [1.807, 2.05) is 65.0 Å². The van der Waals surface area contributed by atoms with E-state index in [0.717, 1.165) is 22.4 Å². The summed E-state index contributed by atoms with van der Waals surface area (Å²) < 4.78 is 0. The average Bonchev–Trinajstić information content (AvgIpc) is 2.56. The van der Waals surface area contributed by atoms with Crippen LogP contribution in [0.2, 0.25) is 0 Å². The van der Waals surface area contributed by atoms with Crippen LogP contribution in [0.1, 0.15) is 37.5 Å². The minimum absolute atomic E-state index is 0.00984. The fraction of sp³-hybridized carbons (Fsp3) is 0.381. The average molecular weight is 353 g/mol. The molecular weight excluding hydrogens is 326 g/mol. The van der Waals surface area contributed by atoms with Crippen LogP contribution in [0.25, 0.3) is 0 Å². The van der Waals surface area contributed by atoms with Gasteiger partial charge in [0.15, 0.2) is 0 Å². The van der Waals surface area contributed by atoms with Crippen LogP contribution in [-0.2, 0) is 16.1 Å². The Bertz CT molecular complexity index is 759. The maximum atomic E-state index is 12.9. The zero-order valence-corrected chi connectivity index (χ0v) is 16.2. The van der Waals surface area contributed by atoms with E-state index in [9.17, 15) is 9.59 Å². The summed E-state index contributed by atoms with van der Waals surface area (Å²) in [6, 6.07) is 9.62.